The summed E-state index contributed by atoms with van der Waals surface area (Å²) in [6.07, 6.45) is -3.65. The maximum absolute atomic E-state index is 13.2. The first-order valence-electron chi connectivity index (χ1n) is 8.75. The molecule has 0 saturated heterocycles. The number of anilines is 2. The lowest BCUT2D eigenvalue weighted by Crippen LogP contribution is -2.21. The number of carbonyl (C=O) groups excluding carboxylic acids is 1. The summed E-state index contributed by atoms with van der Waals surface area (Å²) < 4.78 is 39.7. The van der Waals surface area contributed by atoms with Crippen LogP contribution < -0.4 is 4.90 Å². The Labute approximate surface area is 170 Å². The number of fused-ring (bicyclic) bond motifs is 2. The average molecular weight is 409 g/mol. The van der Waals surface area contributed by atoms with Crippen LogP contribution in [0, 0.1) is 11.8 Å². The van der Waals surface area contributed by atoms with E-state index >= 15 is 0 Å². The molecule has 29 heavy (non-hydrogen) atoms. The zero-order valence-corrected chi connectivity index (χ0v) is 15.8. The van der Waals surface area contributed by atoms with Crippen LogP contribution in [0.15, 0.2) is 76.5 Å². The number of aldehydes is 1. The molecular formula is C23H14F3NOS. The number of hydrogen-bond acceptors (Lipinski definition) is 3. The van der Waals surface area contributed by atoms with Crippen molar-refractivity contribution in [1.82, 2.24) is 0 Å². The summed E-state index contributed by atoms with van der Waals surface area (Å²) in [5.41, 5.74) is 1.94. The van der Waals surface area contributed by atoms with Crippen LogP contribution in [0.1, 0.15) is 21.5 Å². The molecule has 0 aliphatic carbocycles. The lowest BCUT2D eigenvalue weighted by Gasteiger charge is -2.31. The molecule has 144 valence electrons. The second-order valence-corrected chi connectivity index (χ2v) is 7.46. The van der Waals surface area contributed by atoms with Crippen LogP contribution in [-0.2, 0) is 6.18 Å². The van der Waals surface area contributed by atoms with Gasteiger partial charge in [0.25, 0.3) is 0 Å². The predicted molar refractivity (Wildman–Crippen MR) is 108 cm³/mol. The normalized spacial score (nSPS) is 12.4. The SMILES string of the molecule is O=Cc1ccc(C#CCN2c3ccccc3Sc3ccc(C(F)(F)F)cc32)cc1. The molecule has 6 heteroatoms. The highest BCUT2D eigenvalue weighted by Crippen LogP contribution is 2.49. The highest BCUT2D eigenvalue weighted by molar-refractivity contribution is 7.99. The van der Waals surface area contributed by atoms with Gasteiger partial charge in [0.15, 0.2) is 0 Å². The monoisotopic (exact) mass is 409 g/mol. The number of benzene rings is 3. The number of rotatable bonds is 2. The number of alkyl halides is 3. The Morgan fingerprint density at radius 1 is 0.931 bits per heavy atom. The van der Waals surface area contributed by atoms with Crippen molar-refractivity contribution in [3.8, 4) is 11.8 Å². The third-order valence-electron chi connectivity index (χ3n) is 4.47. The topological polar surface area (TPSA) is 20.3 Å². The number of nitrogens with zero attached hydrogens (tertiary/aromatic N) is 1. The van der Waals surface area contributed by atoms with Gasteiger partial charge in [0.05, 0.1) is 23.5 Å². The molecular weight excluding hydrogens is 395 g/mol. The Kier molecular flexibility index (Phi) is 5.08. The maximum atomic E-state index is 13.2. The molecule has 1 aliphatic heterocycles. The van der Waals surface area contributed by atoms with E-state index in [-0.39, 0.29) is 6.54 Å². The van der Waals surface area contributed by atoms with Gasteiger partial charge in [-0.1, -0.05) is 47.9 Å². The molecule has 0 saturated carbocycles. The number of halogens is 3. The van der Waals surface area contributed by atoms with Crippen molar-refractivity contribution in [2.24, 2.45) is 0 Å². The number of carbonyl (C=O) groups is 1. The Bertz CT molecular complexity index is 1130. The fourth-order valence-corrected chi connectivity index (χ4v) is 4.12. The van der Waals surface area contributed by atoms with Crippen LogP contribution in [0.4, 0.5) is 24.5 Å². The van der Waals surface area contributed by atoms with Gasteiger partial charge >= 0.3 is 6.18 Å². The van der Waals surface area contributed by atoms with Crippen molar-refractivity contribution >= 4 is 29.4 Å². The van der Waals surface area contributed by atoms with Crippen molar-refractivity contribution in [1.29, 1.82) is 0 Å². The maximum Gasteiger partial charge on any atom is 0.416 e. The summed E-state index contributed by atoms with van der Waals surface area (Å²) in [4.78, 5) is 14.3. The van der Waals surface area contributed by atoms with Crippen LogP contribution >= 0.6 is 11.8 Å². The highest BCUT2D eigenvalue weighted by atomic mass is 32.2. The van der Waals surface area contributed by atoms with Gasteiger partial charge < -0.3 is 4.90 Å². The standard InChI is InChI=1S/C23H14F3NOS/c24-23(25,26)18-11-12-22-20(14-18)27(19-5-1-2-6-21(19)29-22)13-3-4-16-7-9-17(15-28)10-8-16/h1-2,5-12,14-15H,13H2. The molecule has 0 N–H and O–H groups in total. The van der Waals surface area contributed by atoms with Crippen LogP contribution in [0.25, 0.3) is 0 Å². The van der Waals surface area contributed by atoms with E-state index in [0.29, 0.717) is 11.3 Å². The van der Waals surface area contributed by atoms with Gasteiger partial charge in [0.2, 0.25) is 0 Å². The van der Waals surface area contributed by atoms with E-state index < -0.39 is 11.7 Å². The largest absolute Gasteiger partial charge is 0.416 e. The average Bonchev–Trinajstić information content (AvgIpc) is 2.72. The first-order chi connectivity index (χ1) is 14.0. The van der Waals surface area contributed by atoms with E-state index in [1.165, 1.54) is 23.9 Å². The van der Waals surface area contributed by atoms with Crippen molar-refractivity contribution in [3.05, 3.63) is 83.4 Å². The lowest BCUT2D eigenvalue weighted by molar-refractivity contribution is -0.137. The van der Waals surface area contributed by atoms with Crippen molar-refractivity contribution < 1.29 is 18.0 Å². The fraction of sp³-hybridized carbons (Fsp3) is 0.0870. The van der Waals surface area contributed by atoms with Crippen LogP contribution in [0.2, 0.25) is 0 Å². The fourth-order valence-electron chi connectivity index (χ4n) is 3.04. The van der Waals surface area contributed by atoms with Gasteiger partial charge in [-0.2, -0.15) is 13.2 Å². The van der Waals surface area contributed by atoms with Gasteiger partial charge in [0, 0.05) is 20.9 Å². The van der Waals surface area contributed by atoms with Crippen molar-refractivity contribution in [2.45, 2.75) is 16.0 Å². The van der Waals surface area contributed by atoms with Gasteiger partial charge in [-0.15, -0.1) is 0 Å². The molecule has 4 rings (SSSR count). The first kappa shape index (κ1) is 19.2. The first-order valence-corrected chi connectivity index (χ1v) is 9.57. The molecule has 0 spiro atoms. The van der Waals surface area contributed by atoms with Gasteiger partial charge in [-0.05, 0) is 42.5 Å². The molecule has 3 aromatic carbocycles. The molecule has 1 heterocycles. The number of para-hydroxylation sites is 1. The quantitative estimate of drug-likeness (QED) is 0.373. The summed E-state index contributed by atoms with van der Waals surface area (Å²) in [5, 5.41) is 0. The minimum Gasteiger partial charge on any atom is -0.328 e. The van der Waals surface area contributed by atoms with E-state index in [1.807, 2.05) is 29.2 Å². The number of hydrogen-bond donors (Lipinski definition) is 0. The molecule has 0 radical (unpaired) electrons. The molecule has 0 aromatic heterocycles. The second-order valence-electron chi connectivity index (χ2n) is 6.38. The Hall–Kier alpha value is -3.17. The zero-order chi connectivity index (χ0) is 20.4. The molecule has 1 aliphatic rings. The minimum atomic E-state index is -4.41. The van der Waals surface area contributed by atoms with E-state index in [0.717, 1.165) is 33.4 Å². The van der Waals surface area contributed by atoms with Crippen molar-refractivity contribution in [3.63, 3.8) is 0 Å². The third kappa shape index (κ3) is 4.01. The van der Waals surface area contributed by atoms with Gasteiger partial charge in [-0.25, -0.2) is 0 Å². The predicted octanol–water partition coefficient (Wildman–Crippen LogP) is 6.17. The van der Waals surface area contributed by atoms with E-state index in [4.69, 9.17) is 0 Å². The summed E-state index contributed by atoms with van der Waals surface area (Å²) in [6, 6.07) is 18.2. The van der Waals surface area contributed by atoms with Crippen LogP contribution in [-0.4, -0.2) is 12.8 Å². The summed E-state index contributed by atoms with van der Waals surface area (Å²) in [6.45, 7) is 0.237. The molecule has 0 bridgehead atoms. The molecule has 0 atom stereocenters. The minimum absolute atomic E-state index is 0.237. The van der Waals surface area contributed by atoms with Gasteiger partial charge in [0.1, 0.15) is 6.29 Å². The van der Waals surface area contributed by atoms with Gasteiger partial charge in [-0.3, -0.25) is 4.79 Å². The highest BCUT2D eigenvalue weighted by Gasteiger charge is 2.33. The molecule has 3 aromatic rings. The van der Waals surface area contributed by atoms with Crippen molar-refractivity contribution in [2.75, 3.05) is 11.4 Å². The van der Waals surface area contributed by atoms with Crippen LogP contribution in [0.5, 0.6) is 0 Å². The van der Waals surface area contributed by atoms with E-state index in [2.05, 4.69) is 11.8 Å². The smallest absolute Gasteiger partial charge is 0.328 e. The zero-order valence-electron chi connectivity index (χ0n) is 15.0. The Morgan fingerprint density at radius 3 is 2.38 bits per heavy atom. The molecule has 0 amide bonds. The molecule has 0 fully saturated rings. The van der Waals surface area contributed by atoms with E-state index in [9.17, 15) is 18.0 Å². The molecule has 2 nitrogen and oxygen atoms in total. The third-order valence-corrected chi connectivity index (χ3v) is 5.60. The summed E-state index contributed by atoms with van der Waals surface area (Å²) >= 11 is 1.45. The summed E-state index contributed by atoms with van der Waals surface area (Å²) in [5.74, 6) is 6.06. The lowest BCUT2D eigenvalue weighted by atomic mass is 10.1. The van der Waals surface area contributed by atoms with E-state index in [1.54, 1.807) is 24.3 Å². The summed E-state index contributed by atoms with van der Waals surface area (Å²) in [7, 11) is 0. The second kappa shape index (κ2) is 7.69. The Morgan fingerprint density at radius 2 is 1.66 bits per heavy atom. The molecule has 0 unspecified atom stereocenters. The van der Waals surface area contributed by atoms with Crippen LogP contribution in [0.3, 0.4) is 0 Å². The Balaban J connectivity index is 1.70.